The van der Waals surface area contributed by atoms with Gasteiger partial charge < -0.3 is 9.84 Å². The van der Waals surface area contributed by atoms with Crippen molar-refractivity contribution in [3.05, 3.63) is 38.4 Å². The molecule has 0 aliphatic heterocycles. The second-order valence-corrected chi connectivity index (χ2v) is 5.08. The Hall–Kier alpha value is -1.29. The van der Waals surface area contributed by atoms with E-state index in [1.807, 2.05) is 26.8 Å². The highest BCUT2D eigenvalue weighted by Crippen LogP contribution is 2.33. The number of rotatable bonds is 3. The van der Waals surface area contributed by atoms with Crippen molar-refractivity contribution in [1.29, 1.82) is 0 Å². The third-order valence-corrected chi connectivity index (χ3v) is 4.19. The smallest absolute Gasteiger partial charge is 0.335 e. The van der Waals surface area contributed by atoms with Crippen LogP contribution in [0.5, 0.6) is 0 Å². The van der Waals surface area contributed by atoms with Gasteiger partial charge in [-0.05, 0) is 44.4 Å². The van der Waals surface area contributed by atoms with Crippen LogP contribution in [0, 0.1) is 20.8 Å². The van der Waals surface area contributed by atoms with Gasteiger partial charge in [0.2, 0.25) is 0 Å². The summed E-state index contributed by atoms with van der Waals surface area (Å²) in [5.41, 5.74) is 4.17. The molecule has 0 spiro atoms. The van der Waals surface area contributed by atoms with Gasteiger partial charge in [-0.1, -0.05) is 22.0 Å². The Morgan fingerprint density at radius 1 is 1.28 bits per heavy atom. The molecule has 0 heterocycles. The molecule has 4 heteroatoms. The number of ether oxygens (including phenoxy) is 1. The van der Waals surface area contributed by atoms with Crippen LogP contribution in [-0.4, -0.2) is 18.2 Å². The van der Waals surface area contributed by atoms with Gasteiger partial charge >= 0.3 is 5.97 Å². The topological polar surface area (TPSA) is 46.5 Å². The minimum Gasteiger partial charge on any atom is -0.496 e. The van der Waals surface area contributed by atoms with Gasteiger partial charge in [0.1, 0.15) is 5.76 Å². The lowest BCUT2D eigenvalue weighted by molar-refractivity contribution is -0.132. The van der Waals surface area contributed by atoms with Crippen molar-refractivity contribution in [3.8, 4) is 0 Å². The van der Waals surface area contributed by atoms with E-state index >= 15 is 0 Å². The highest BCUT2D eigenvalue weighted by atomic mass is 79.9. The quantitative estimate of drug-likeness (QED) is 0.681. The monoisotopic (exact) mass is 312 g/mol. The summed E-state index contributed by atoms with van der Waals surface area (Å²) in [5, 5.41) is 9.10. The zero-order chi connectivity index (χ0) is 14.0. The molecule has 0 unspecified atom stereocenters. The van der Waals surface area contributed by atoms with Crippen molar-refractivity contribution in [2.75, 3.05) is 7.11 Å². The van der Waals surface area contributed by atoms with Crippen LogP contribution in [0.2, 0.25) is 0 Å². The number of carboxylic acid groups (broad SMARTS) is 1. The molecule has 0 saturated heterocycles. The predicted octanol–water partition coefficient (Wildman–Crippen LogP) is 3.84. The van der Waals surface area contributed by atoms with Crippen molar-refractivity contribution in [2.45, 2.75) is 27.7 Å². The Morgan fingerprint density at radius 3 is 2.28 bits per heavy atom. The van der Waals surface area contributed by atoms with Crippen molar-refractivity contribution < 1.29 is 14.6 Å². The summed E-state index contributed by atoms with van der Waals surface area (Å²) < 4.78 is 6.28. The molecule has 0 aliphatic rings. The molecule has 0 aromatic heterocycles. The maximum atomic E-state index is 11.1. The number of carboxylic acids is 1. The Kier molecular flexibility index (Phi) is 4.57. The average molecular weight is 313 g/mol. The minimum absolute atomic E-state index is 0.208. The molecule has 18 heavy (non-hydrogen) atoms. The van der Waals surface area contributed by atoms with E-state index in [4.69, 9.17) is 9.84 Å². The van der Waals surface area contributed by atoms with E-state index in [0.29, 0.717) is 5.76 Å². The lowest BCUT2D eigenvalue weighted by Crippen LogP contribution is -2.06. The number of methoxy groups -OCH3 is 1. The highest BCUT2D eigenvalue weighted by molar-refractivity contribution is 9.10. The standard InChI is InChI=1S/C14H17BrO3/c1-7-6-8(2)12(15)9(3)11(7)13(18-5)10(4)14(16)17/h6H,1-5H3,(H,16,17)/b13-10-. The molecule has 1 N–H and O–H groups in total. The minimum atomic E-state index is -0.970. The SMILES string of the molecule is CO/C(=C(/C)C(=O)O)c1c(C)cc(C)c(Br)c1C. The Labute approximate surface area is 116 Å². The van der Waals surface area contributed by atoms with Gasteiger partial charge in [-0.15, -0.1) is 0 Å². The molecule has 0 radical (unpaired) electrons. The van der Waals surface area contributed by atoms with E-state index in [1.165, 1.54) is 7.11 Å². The van der Waals surface area contributed by atoms with Gasteiger partial charge in [-0.25, -0.2) is 4.79 Å². The van der Waals surface area contributed by atoms with Gasteiger partial charge in [0.05, 0.1) is 12.7 Å². The summed E-state index contributed by atoms with van der Waals surface area (Å²) >= 11 is 3.52. The fourth-order valence-corrected chi connectivity index (χ4v) is 2.36. The molecule has 0 aliphatic carbocycles. The van der Waals surface area contributed by atoms with Crippen molar-refractivity contribution in [1.82, 2.24) is 0 Å². The lowest BCUT2D eigenvalue weighted by atomic mass is 9.96. The molecule has 1 aromatic rings. The third kappa shape index (κ3) is 2.58. The van der Waals surface area contributed by atoms with E-state index in [-0.39, 0.29) is 5.57 Å². The second kappa shape index (κ2) is 5.57. The van der Waals surface area contributed by atoms with Gasteiger partial charge in [-0.3, -0.25) is 0 Å². The molecule has 3 nitrogen and oxygen atoms in total. The number of halogens is 1. The van der Waals surface area contributed by atoms with E-state index < -0.39 is 5.97 Å². The Balaban J connectivity index is 3.64. The van der Waals surface area contributed by atoms with Crippen LogP contribution in [0.4, 0.5) is 0 Å². The molecule has 0 amide bonds. The fraction of sp³-hybridized carbons (Fsp3) is 0.357. The largest absolute Gasteiger partial charge is 0.496 e. The zero-order valence-electron chi connectivity index (χ0n) is 11.2. The molecule has 1 rings (SSSR count). The summed E-state index contributed by atoms with van der Waals surface area (Å²) in [4.78, 5) is 11.1. The molecule has 0 saturated carbocycles. The molecular weight excluding hydrogens is 296 g/mol. The van der Waals surface area contributed by atoms with Crippen LogP contribution in [0.25, 0.3) is 5.76 Å². The van der Waals surface area contributed by atoms with Crippen LogP contribution in [0.3, 0.4) is 0 Å². The first kappa shape index (κ1) is 14.8. The average Bonchev–Trinajstić information content (AvgIpc) is 2.30. The fourth-order valence-electron chi connectivity index (χ4n) is 2.05. The lowest BCUT2D eigenvalue weighted by Gasteiger charge is -2.17. The highest BCUT2D eigenvalue weighted by Gasteiger charge is 2.18. The van der Waals surface area contributed by atoms with Gasteiger partial charge in [0, 0.05) is 10.0 Å². The van der Waals surface area contributed by atoms with Gasteiger partial charge in [-0.2, -0.15) is 0 Å². The number of benzene rings is 1. The normalized spacial score (nSPS) is 12.1. The first-order valence-corrected chi connectivity index (χ1v) is 6.35. The summed E-state index contributed by atoms with van der Waals surface area (Å²) in [5.74, 6) is -0.555. The number of carbonyl (C=O) groups is 1. The van der Waals surface area contributed by atoms with Crippen LogP contribution >= 0.6 is 15.9 Å². The summed E-state index contributed by atoms with van der Waals surface area (Å²) in [6.45, 7) is 7.46. The van der Waals surface area contributed by atoms with E-state index in [2.05, 4.69) is 15.9 Å². The van der Waals surface area contributed by atoms with E-state index in [1.54, 1.807) is 6.92 Å². The number of hydrogen-bond acceptors (Lipinski definition) is 2. The Bertz CT molecular complexity index is 530. The number of aliphatic carboxylic acids is 1. The second-order valence-electron chi connectivity index (χ2n) is 4.29. The van der Waals surface area contributed by atoms with E-state index in [0.717, 1.165) is 26.7 Å². The van der Waals surface area contributed by atoms with Crippen LogP contribution in [-0.2, 0) is 9.53 Å². The maximum absolute atomic E-state index is 11.1. The van der Waals surface area contributed by atoms with Gasteiger partial charge in [0.25, 0.3) is 0 Å². The number of hydrogen-bond donors (Lipinski definition) is 1. The van der Waals surface area contributed by atoms with Crippen LogP contribution in [0.1, 0.15) is 29.2 Å². The molecule has 0 atom stereocenters. The van der Waals surface area contributed by atoms with E-state index in [9.17, 15) is 4.79 Å². The molecule has 1 aromatic carbocycles. The van der Waals surface area contributed by atoms with Crippen molar-refractivity contribution >= 4 is 27.7 Å². The zero-order valence-corrected chi connectivity index (χ0v) is 12.8. The molecule has 98 valence electrons. The molecule has 0 fully saturated rings. The Morgan fingerprint density at radius 2 is 1.83 bits per heavy atom. The summed E-state index contributed by atoms with van der Waals surface area (Å²) in [6.07, 6.45) is 0. The van der Waals surface area contributed by atoms with Crippen molar-refractivity contribution in [2.24, 2.45) is 0 Å². The number of aryl methyl sites for hydroxylation is 2. The van der Waals surface area contributed by atoms with Crippen molar-refractivity contribution in [3.63, 3.8) is 0 Å². The van der Waals surface area contributed by atoms with Crippen LogP contribution < -0.4 is 0 Å². The third-order valence-electron chi connectivity index (χ3n) is 2.97. The summed E-state index contributed by atoms with van der Waals surface area (Å²) in [6, 6.07) is 2.01. The predicted molar refractivity (Wildman–Crippen MR) is 75.6 cm³/mol. The first-order valence-electron chi connectivity index (χ1n) is 5.56. The maximum Gasteiger partial charge on any atom is 0.335 e. The molecular formula is C14H17BrO3. The van der Waals surface area contributed by atoms with Gasteiger partial charge in [0.15, 0.2) is 0 Å². The first-order chi connectivity index (χ1) is 8.31. The summed E-state index contributed by atoms with van der Waals surface area (Å²) in [7, 11) is 1.49. The van der Waals surface area contributed by atoms with Crippen LogP contribution in [0.15, 0.2) is 16.1 Å². The molecule has 0 bridgehead atoms.